The van der Waals surface area contributed by atoms with E-state index in [9.17, 15) is 14.4 Å². The number of nitrogens with zero attached hydrogens (tertiary/aromatic N) is 1. The molecule has 2 amide bonds. The number of rotatable bonds is 5. The minimum Gasteiger partial charge on any atom is -0.348 e. The molecule has 146 valence electrons. The van der Waals surface area contributed by atoms with Gasteiger partial charge in [-0.3, -0.25) is 19.4 Å². The van der Waals surface area contributed by atoms with Crippen LogP contribution in [0.3, 0.4) is 0 Å². The van der Waals surface area contributed by atoms with E-state index in [1.807, 2.05) is 0 Å². The second-order valence-electron chi connectivity index (χ2n) is 7.18. The Hall–Kier alpha value is -3.02. The maximum absolute atomic E-state index is 12.5. The highest BCUT2D eigenvalue weighted by atomic mass is 16.2. The van der Waals surface area contributed by atoms with E-state index in [0.717, 1.165) is 25.7 Å². The SMILES string of the molecule is CC(=O)c1cccc(NC(=O)c2ccnc(C(=O)NC3CCCCCC3)c2)c1. The number of anilines is 1. The van der Waals surface area contributed by atoms with E-state index in [2.05, 4.69) is 15.6 Å². The number of pyridine rings is 1. The van der Waals surface area contributed by atoms with Crippen molar-refractivity contribution >= 4 is 23.3 Å². The number of aromatic nitrogens is 1. The molecule has 0 unspecified atom stereocenters. The summed E-state index contributed by atoms with van der Waals surface area (Å²) in [5.41, 5.74) is 1.62. The van der Waals surface area contributed by atoms with Crippen molar-refractivity contribution in [1.29, 1.82) is 0 Å². The highest BCUT2D eigenvalue weighted by Gasteiger charge is 2.18. The number of amides is 2. The Morgan fingerprint density at radius 2 is 1.68 bits per heavy atom. The zero-order valence-corrected chi connectivity index (χ0v) is 16.0. The van der Waals surface area contributed by atoms with Gasteiger partial charge in [0.1, 0.15) is 5.69 Å². The van der Waals surface area contributed by atoms with Gasteiger partial charge < -0.3 is 10.6 Å². The lowest BCUT2D eigenvalue weighted by Crippen LogP contribution is -2.35. The molecule has 0 aliphatic heterocycles. The first-order valence-electron chi connectivity index (χ1n) is 9.72. The van der Waals surface area contributed by atoms with Gasteiger partial charge in [-0.05, 0) is 44.0 Å². The Bertz CT molecular complexity index is 871. The minimum absolute atomic E-state index is 0.0718. The molecule has 1 aliphatic rings. The van der Waals surface area contributed by atoms with Gasteiger partial charge in [0.2, 0.25) is 0 Å². The fourth-order valence-electron chi connectivity index (χ4n) is 3.40. The number of hydrogen-bond donors (Lipinski definition) is 2. The van der Waals surface area contributed by atoms with Crippen LogP contribution in [0.15, 0.2) is 42.6 Å². The molecule has 1 heterocycles. The third kappa shape index (κ3) is 5.25. The van der Waals surface area contributed by atoms with E-state index in [0.29, 0.717) is 16.8 Å². The van der Waals surface area contributed by atoms with E-state index in [1.165, 1.54) is 32.0 Å². The molecule has 0 bridgehead atoms. The normalized spacial score (nSPS) is 14.8. The maximum Gasteiger partial charge on any atom is 0.270 e. The third-order valence-corrected chi connectivity index (χ3v) is 4.97. The molecule has 1 aromatic heterocycles. The summed E-state index contributed by atoms with van der Waals surface area (Å²) in [5.74, 6) is -0.677. The van der Waals surface area contributed by atoms with Crippen LogP contribution in [0.25, 0.3) is 0 Å². The predicted octanol–water partition coefficient (Wildman–Crippen LogP) is 3.99. The van der Waals surface area contributed by atoms with Gasteiger partial charge in [-0.15, -0.1) is 0 Å². The molecular formula is C22H25N3O3. The van der Waals surface area contributed by atoms with Crippen molar-refractivity contribution in [3.8, 4) is 0 Å². The van der Waals surface area contributed by atoms with Crippen molar-refractivity contribution in [3.63, 3.8) is 0 Å². The number of carbonyl (C=O) groups excluding carboxylic acids is 3. The van der Waals surface area contributed by atoms with Gasteiger partial charge in [0.05, 0.1) is 0 Å². The molecule has 2 N–H and O–H groups in total. The zero-order chi connectivity index (χ0) is 19.9. The lowest BCUT2D eigenvalue weighted by Gasteiger charge is -2.16. The Morgan fingerprint density at radius 3 is 2.39 bits per heavy atom. The topological polar surface area (TPSA) is 88.2 Å². The number of carbonyl (C=O) groups is 3. The van der Waals surface area contributed by atoms with Crippen LogP contribution in [0, 0.1) is 0 Å². The highest BCUT2D eigenvalue weighted by molar-refractivity contribution is 6.06. The molecular weight excluding hydrogens is 354 g/mol. The zero-order valence-electron chi connectivity index (χ0n) is 16.0. The van der Waals surface area contributed by atoms with Crippen molar-refractivity contribution in [2.24, 2.45) is 0 Å². The molecule has 1 saturated carbocycles. The fraction of sp³-hybridized carbons (Fsp3) is 0.364. The predicted molar refractivity (Wildman–Crippen MR) is 108 cm³/mol. The number of Topliss-reactive ketones (excluding diaryl/α,β-unsaturated/α-hetero) is 1. The Balaban J connectivity index is 1.68. The van der Waals surface area contributed by atoms with Gasteiger partial charge in [0.15, 0.2) is 5.78 Å². The van der Waals surface area contributed by atoms with Crippen LogP contribution in [0.1, 0.15) is 76.7 Å². The molecule has 0 atom stereocenters. The minimum atomic E-state index is -0.355. The van der Waals surface area contributed by atoms with E-state index in [-0.39, 0.29) is 29.3 Å². The van der Waals surface area contributed by atoms with Gasteiger partial charge in [0.25, 0.3) is 11.8 Å². The molecule has 1 aliphatic carbocycles. The molecule has 1 fully saturated rings. The van der Waals surface area contributed by atoms with E-state index in [4.69, 9.17) is 0 Å². The number of ketones is 1. The Morgan fingerprint density at radius 1 is 0.929 bits per heavy atom. The van der Waals surface area contributed by atoms with Crippen LogP contribution >= 0.6 is 0 Å². The van der Waals surface area contributed by atoms with Crippen LogP contribution in [0.4, 0.5) is 5.69 Å². The number of nitrogens with one attached hydrogen (secondary N) is 2. The fourth-order valence-corrected chi connectivity index (χ4v) is 3.40. The molecule has 6 nitrogen and oxygen atoms in total. The molecule has 6 heteroatoms. The summed E-state index contributed by atoms with van der Waals surface area (Å²) in [7, 11) is 0. The summed E-state index contributed by atoms with van der Waals surface area (Å²) in [6, 6.07) is 9.98. The monoisotopic (exact) mass is 379 g/mol. The summed E-state index contributed by atoms with van der Waals surface area (Å²) in [5, 5.41) is 5.80. The van der Waals surface area contributed by atoms with E-state index < -0.39 is 0 Å². The van der Waals surface area contributed by atoms with Crippen LogP contribution < -0.4 is 10.6 Å². The first kappa shape index (κ1) is 19.7. The van der Waals surface area contributed by atoms with Crippen molar-refractivity contribution in [3.05, 3.63) is 59.4 Å². The summed E-state index contributed by atoms with van der Waals surface area (Å²) < 4.78 is 0. The Labute approximate surface area is 164 Å². The van der Waals surface area contributed by atoms with Gasteiger partial charge >= 0.3 is 0 Å². The third-order valence-electron chi connectivity index (χ3n) is 4.97. The van der Waals surface area contributed by atoms with Gasteiger partial charge in [-0.2, -0.15) is 0 Å². The van der Waals surface area contributed by atoms with Crippen molar-refractivity contribution in [1.82, 2.24) is 10.3 Å². The van der Waals surface area contributed by atoms with Crippen LogP contribution in [-0.2, 0) is 0 Å². The second kappa shape index (κ2) is 9.26. The van der Waals surface area contributed by atoms with E-state index >= 15 is 0 Å². The highest BCUT2D eigenvalue weighted by Crippen LogP contribution is 2.18. The average Bonchev–Trinajstić information content (AvgIpc) is 2.97. The number of hydrogen-bond acceptors (Lipinski definition) is 4. The smallest absolute Gasteiger partial charge is 0.270 e. The summed E-state index contributed by atoms with van der Waals surface area (Å²) in [4.78, 5) is 40.7. The van der Waals surface area contributed by atoms with Gasteiger partial charge in [0, 0.05) is 29.1 Å². The van der Waals surface area contributed by atoms with Crippen molar-refractivity contribution < 1.29 is 14.4 Å². The standard InChI is InChI=1S/C22H25N3O3/c1-15(26)16-7-6-10-19(13-16)25-21(27)17-11-12-23-20(14-17)22(28)24-18-8-4-2-3-5-9-18/h6-7,10-14,18H,2-5,8-9H2,1H3,(H,24,28)(H,25,27). The van der Waals surface area contributed by atoms with Crippen LogP contribution in [0.5, 0.6) is 0 Å². The Kier molecular flexibility index (Phi) is 6.53. The quantitative estimate of drug-likeness (QED) is 0.607. The van der Waals surface area contributed by atoms with Crippen LogP contribution in [0.2, 0.25) is 0 Å². The van der Waals surface area contributed by atoms with E-state index in [1.54, 1.807) is 30.3 Å². The van der Waals surface area contributed by atoms with Crippen molar-refractivity contribution in [2.75, 3.05) is 5.32 Å². The summed E-state index contributed by atoms with van der Waals surface area (Å²) in [6.07, 6.45) is 8.11. The molecule has 2 aromatic rings. The first-order valence-corrected chi connectivity index (χ1v) is 9.72. The summed E-state index contributed by atoms with van der Waals surface area (Å²) >= 11 is 0. The average molecular weight is 379 g/mol. The summed E-state index contributed by atoms with van der Waals surface area (Å²) in [6.45, 7) is 1.48. The van der Waals surface area contributed by atoms with Crippen LogP contribution in [-0.4, -0.2) is 28.6 Å². The molecule has 0 spiro atoms. The molecule has 28 heavy (non-hydrogen) atoms. The van der Waals surface area contributed by atoms with Gasteiger partial charge in [-0.25, -0.2) is 0 Å². The molecule has 3 rings (SSSR count). The molecule has 0 saturated heterocycles. The van der Waals surface area contributed by atoms with Gasteiger partial charge in [-0.1, -0.05) is 37.8 Å². The second-order valence-corrected chi connectivity index (χ2v) is 7.18. The number of benzene rings is 1. The lowest BCUT2D eigenvalue weighted by molar-refractivity contribution is 0.0927. The lowest BCUT2D eigenvalue weighted by atomic mass is 10.1. The van der Waals surface area contributed by atoms with Crippen molar-refractivity contribution in [2.45, 2.75) is 51.5 Å². The first-order chi connectivity index (χ1) is 13.5. The molecule has 0 radical (unpaired) electrons. The maximum atomic E-state index is 12.5. The largest absolute Gasteiger partial charge is 0.348 e. The molecule has 1 aromatic carbocycles.